The fourth-order valence-corrected chi connectivity index (χ4v) is 4.68. The van der Waals surface area contributed by atoms with Gasteiger partial charge in [0.2, 0.25) is 5.16 Å². The fourth-order valence-electron chi connectivity index (χ4n) is 3.81. The number of aryl methyl sites for hydroxylation is 2. The number of nitrogens with zero attached hydrogens (tertiary/aromatic N) is 8. The van der Waals surface area contributed by atoms with Crippen LogP contribution in [-0.2, 0) is 20.6 Å². The highest BCUT2D eigenvalue weighted by Crippen LogP contribution is 2.30. The van der Waals surface area contributed by atoms with E-state index in [1.807, 2.05) is 4.68 Å². The Kier molecular flexibility index (Phi) is 5.33. The second kappa shape index (κ2) is 7.90. The van der Waals surface area contributed by atoms with E-state index in [4.69, 9.17) is 0 Å². The second-order valence-electron chi connectivity index (χ2n) is 7.23. The van der Waals surface area contributed by atoms with Crippen LogP contribution in [0, 0.1) is 0 Å². The van der Waals surface area contributed by atoms with Crippen LogP contribution in [0.2, 0.25) is 0 Å². The number of hydrogen-bond donors (Lipinski definition) is 0. The summed E-state index contributed by atoms with van der Waals surface area (Å²) in [4.78, 5) is 29.4. The first kappa shape index (κ1) is 18.9. The van der Waals surface area contributed by atoms with Crippen LogP contribution in [0.15, 0.2) is 21.1 Å². The first-order valence-corrected chi connectivity index (χ1v) is 10.6. The van der Waals surface area contributed by atoms with Crippen LogP contribution in [0.1, 0.15) is 44.6 Å². The van der Waals surface area contributed by atoms with Crippen molar-refractivity contribution in [1.29, 1.82) is 0 Å². The molecule has 1 saturated carbocycles. The highest BCUT2D eigenvalue weighted by molar-refractivity contribution is 7.99. The minimum atomic E-state index is -0.340. The summed E-state index contributed by atoms with van der Waals surface area (Å²) in [6.07, 6.45) is 8.18. The number of imidazole rings is 1. The maximum Gasteiger partial charge on any atom is 0.332 e. The van der Waals surface area contributed by atoms with Gasteiger partial charge in [-0.1, -0.05) is 31.0 Å². The van der Waals surface area contributed by atoms with Crippen LogP contribution in [0.5, 0.6) is 0 Å². The van der Waals surface area contributed by atoms with Crippen LogP contribution < -0.4 is 11.2 Å². The van der Waals surface area contributed by atoms with Crippen LogP contribution in [-0.4, -0.2) is 44.6 Å². The van der Waals surface area contributed by atoms with Gasteiger partial charge in [-0.2, -0.15) is 0 Å². The first-order valence-electron chi connectivity index (χ1n) is 9.59. The van der Waals surface area contributed by atoms with Crippen LogP contribution in [0.25, 0.3) is 11.2 Å². The van der Waals surface area contributed by atoms with Crippen molar-refractivity contribution in [1.82, 2.24) is 38.9 Å². The van der Waals surface area contributed by atoms with E-state index in [0.29, 0.717) is 30.2 Å². The van der Waals surface area contributed by atoms with Gasteiger partial charge in [-0.3, -0.25) is 13.9 Å². The Morgan fingerprint density at radius 1 is 1.18 bits per heavy atom. The largest absolute Gasteiger partial charge is 0.332 e. The van der Waals surface area contributed by atoms with Gasteiger partial charge >= 0.3 is 5.69 Å². The van der Waals surface area contributed by atoms with Gasteiger partial charge in [0.1, 0.15) is 0 Å². The number of hydrogen-bond acceptors (Lipinski definition) is 7. The number of tetrazole rings is 1. The van der Waals surface area contributed by atoms with Crippen molar-refractivity contribution < 1.29 is 0 Å². The van der Waals surface area contributed by atoms with Crippen LogP contribution in [0.4, 0.5) is 0 Å². The van der Waals surface area contributed by atoms with Gasteiger partial charge in [0.15, 0.2) is 11.2 Å². The molecule has 0 aromatic carbocycles. The lowest BCUT2D eigenvalue weighted by atomic mass is 9.96. The van der Waals surface area contributed by atoms with Gasteiger partial charge in [-0.05, 0) is 29.7 Å². The van der Waals surface area contributed by atoms with Crippen molar-refractivity contribution in [3.8, 4) is 0 Å². The van der Waals surface area contributed by atoms with Gasteiger partial charge < -0.3 is 4.57 Å². The first-order chi connectivity index (χ1) is 13.6. The summed E-state index contributed by atoms with van der Waals surface area (Å²) in [6, 6.07) is 0.383. The average Bonchev–Trinajstić information content (AvgIpc) is 3.33. The predicted molar refractivity (Wildman–Crippen MR) is 105 cm³/mol. The van der Waals surface area contributed by atoms with Gasteiger partial charge in [-0.25, -0.2) is 14.5 Å². The molecule has 0 amide bonds. The molecule has 0 saturated heterocycles. The molecule has 3 heterocycles. The molecule has 1 aliphatic carbocycles. The predicted octanol–water partition coefficient (Wildman–Crippen LogP) is 1.11. The molecule has 3 aromatic rings. The third-order valence-corrected chi connectivity index (χ3v) is 6.36. The monoisotopic (exact) mass is 404 g/mol. The zero-order valence-electron chi connectivity index (χ0n) is 16.1. The number of thioether (sulfide) groups is 1. The Hall–Kier alpha value is -2.43. The molecule has 0 bridgehead atoms. The van der Waals surface area contributed by atoms with E-state index in [1.165, 1.54) is 28.4 Å². The summed E-state index contributed by atoms with van der Waals surface area (Å²) in [5.41, 5.74) is 0.217. The summed E-state index contributed by atoms with van der Waals surface area (Å²) >= 11 is 1.58. The molecule has 28 heavy (non-hydrogen) atoms. The highest BCUT2D eigenvalue weighted by Gasteiger charge is 2.20. The Morgan fingerprint density at radius 3 is 2.75 bits per heavy atom. The van der Waals surface area contributed by atoms with E-state index in [1.54, 1.807) is 36.8 Å². The third kappa shape index (κ3) is 3.38. The Balaban J connectivity index is 1.44. The minimum absolute atomic E-state index is 0.296. The molecule has 11 heteroatoms. The minimum Gasteiger partial charge on any atom is -0.328 e. The summed E-state index contributed by atoms with van der Waals surface area (Å²) in [6.45, 7) is 0.352. The van der Waals surface area contributed by atoms with Crippen LogP contribution >= 0.6 is 11.8 Å². The molecule has 3 aromatic heterocycles. The van der Waals surface area contributed by atoms with E-state index in [-0.39, 0.29) is 11.2 Å². The molecular weight excluding hydrogens is 380 g/mol. The zero-order valence-corrected chi connectivity index (χ0v) is 16.9. The molecule has 1 aliphatic rings. The third-order valence-electron chi connectivity index (χ3n) is 5.34. The number of aromatic nitrogens is 8. The molecule has 1 fully saturated rings. The highest BCUT2D eigenvalue weighted by atomic mass is 32.2. The summed E-state index contributed by atoms with van der Waals surface area (Å²) in [5.74, 6) is 0.728. The average molecular weight is 405 g/mol. The van der Waals surface area contributed by atoms with Crippen LogP contribution in [0.3, 0.4) is 0 Å². The molecular formula is C17H24N8O2S. The van der Waals surface area contributed by atoms with E-state index in [9.17, 15) is 9.59 Å². The van der Waals surface area contributed by atoms with Crippen molar-refractivity contribution in [2.24, 2.45) is 14.1 Å². The van der Waals surface area contributed by atoms with Gasteiger partial charge in [0, 0.05) is 26.4 Å². The Bertz CT molecular complexity index is 1090. The normalized spacial score (nSPS) is 15.5. The van der Waals surface area contributed by atoms with Crippen molar-refractivity contribution >= 4 is 22.9 Å². The lowest BCUT2D eigenvalue weighted by molar-refractivity contribution is 0.307. The van der Waals surface area contributed by atoms with E-state index < -0.39 is 0 Å². The smallest absolute Gasteiger partial charge is 0.328 e. The molecule has 0 atom stereocenters. The second-order valence-corrected chi connectivity index (χ2v) is 8.29. The van der Waals surface area contributed by atoms with Crippen molar-refractivity contribution in [3.63, 3.8) is 0 Å². The lowest BCUT2D eigenvalue weighted by Gasteiger charge is -2.21. The lowest BCUT2D eigenvalue weighted by Crippen LogP contribution is -2.39. The van der Waals surface area contributed by atoms with E-state index in [2.05, 4.69) is 20.5 Å². The summed E-state index contributed by atoms with van der Waals surface area (Å²) in [7, 11) is 3.40. The zero-order chi connectivity index (χ0) is 19.7. The van der Waals surface area contributed by atoms with Crippen molar-refractivity contribution in [3.05, 3.63) is 27.2 Å². The molecule has 0 radical (unpaired) electrons. The summed E-state index contributed by atoms with van der Waals surface area (Å²) < 4.78 is 6.31. The maximum absolute atomic E-state index is 12.7. The fraction of sp³-hybridized carbons (Fsp3) is 0.647. The quantitative estimate of drug-likeness (QED) is 0.447. The SMILES string of the molecule is Cn1cnc2c1c(=O)n(CCCSc1nnnn1C1CCCCC1)c(=O)n2C. The number of rotatable bonds is 6. The van der Waals surface area contributed by atoms with Gasteiger partial charge in [-0.15, -0.1) is 5.10 Å². The molecule has 0 aliphatic heterocycles. The van der Waals surface area contributed by atoms with E-state index in [0.717, 1.165) is 23.8 Å². The molecule has 150 valence electrons. The Labute approximate surface area is 165 Å². The summed E-state index contributed by atoms with van der Waals surface area (Å²) in [5, 5.41) is 13.0. The van der Waals surface area contributed by atoms with E-state index >= 15 is 0 Å². The van der Waals surface area contributed by atoms with Gasteiger partial charge in [0.25, 0.3) is 5.56 Å². The number of fused-ring (bicyclic) bond motifs is 1. The van der Waals surface area contributed by atoms with Gasteiger partial charge in [0.05, 0.1) is 12.4 Å². The molecule has 0 spiro atoms. The molecule has 4 rings (SSSR count). The maximum atomic E-state index is 12.7. The molecule has 10 nitrogen and oxygen atoms in total. The molecule has 0 N–H and O–H groups in total. The molecule has 0 unspecified atom stereocenters. The Morgan fingerprint density at radius 2 is 1.96 bits per heavy atom. The topological polar surface area (TPSA) is 105 Å². The van der Waals surface area contributed by atoms with Crippen molar-refractivity contribution in [2.75, 3.05) is 5.75 Å². The standard InChI is InChI=1S/C17H24N8O2S/c1-22-11-18-14-13(22)15(26)24(17(27)23(14)2)9-6-10-28-16-19-20-21-25(16)12-7-4-3-5-8-12/h11-12H,3-10H2,1-2H3. The van der Waals surface area contributed by atoms with Crippen molar-refractivity contribution in [2.45, 2.75) is 56.3 Å².